The number of rotatable bonds is 4. The van der Waals surface area contributed by atoms with Crippen molar-refractivity contribution < 1.29 is 0 Å². The molecule has 1 saturated carbocycles. The first-order valence-electron chi connectivity index (χ1n) is 6.71. The molecule has 4 heteroatoms. The summed E-state index contributed by atoms with van der Waals surface area (Å²) in [4.78, 5) is 4.58. The number of aromatic nitrogens is 2. The predicted molar refractivity (Wildman–Crippen MR) is 78.9 cm³/mol. The fourth-order valence-electron chi connectivity index (χ4n) is 2.23. The van der Waals surface area contributed by atoms with Crippen LogP contribution in [0.3, 0.4) is 0 Å². The van der Waals surface area contributed by atoms with Crippen LogP contribution in [0, 0.1) is 6.92 Å². The smallest absolute Gasteiger partial charge is 0.203 e. The number of benzene rings is 1. The van der Waals surface area contributed by atoms with E-state index in [1.54, 1.807) is 0 Å². The second-order valence-electron chi connectivity index (χ2n) is 5.26. The number of imidazole rings is 1. The molecule has 0 radical (unpaired) electrons. The van der Waals surface area contributed by atoms with E-state index < -0.39 is 0 Å². The van der Waals surface area contributed by atoms with E-state index in [-0.39, 0.29) is 6.04 Å². The summed E-state index contributed by atoms with van der Waals surface area (Å²) in [6.07, 6.45) is 4.60. The van der Waals surface area contributed by atoms with Crippen LogP contribution in [0.15, 0.2) is 30.5 Å². The average molecular weight is 276 g/mol. The number of halogens is 1. The third kappa shape index (κ3) is 2.76. The highest BCUT2D eigenvalue weighted by Crippen LogP contribution is 2.28. The van der Waals surface area contributed by atoms with Crippen LogP contribution in [0.1, 0.15) is 37.1 Å². The van der Waals surface area contributed by atoms with Crippen molar-refractivity contribution in [3.05, 3.63) is 46.7 Å². The van der Waals surface area contributed by atoms with E-state index in [2.05, 4.69) is 40.1 Å². The molecule has 1 aromatic heterocycles. The lowest BCUT2D eigenvalue weighted by Crippen LogP contribution is -2.12. The normalized spacial score (nSPS) is 16.4. The van der Waals surface area contributed by atoms with Crippen LogP contribution in [0.4, 0.5) is 5.95 Å². The van der Waals surface area contributed by atoms with Crippen molar-refractivity contribution in [2.24, 2.45) is 0 Å². The van der Waals surface area contributed by atoms with Gasteiger partial charge in [0.1, 0.15) is 0 Å². The molecule has 3 rings (SSSR count). The maximum absolute atomic E-state index is 5.94. The van der Waals surface area contributed by atoms with Gasteiger partial charge in [0.15, 0.2) is 0 Å². The molecule has 1 aromatic carbocycles. The van der Waals surface area contributed by atoms with Crippen molar-refractivity contribution in [3.8, 4) is 0 Å². The summed E-state index contributed by atoms with van der Waals surface area (Å²) in [7, 11) is 0. The van der Waals surface area contributed by atoms with Crippen molar-refractivity contribution in [1.29, 1.82) is 0 Å². The molecule has 1 fully saturated rings. The van der Waals surface area contributed by atoms with Crippen molar-refractivity contribution in [2.45, 2.75) is 38.8 Å². The standard InChI is InChI=1S/C15H18ClN3/c1-10-9-19(15(17-10)18-14-7-8-14)11(2)12-3-5-13(16)6-4-12/h3-6,9,11,14H,7-8H2,1-2H3,(H,17,18). The number of nitrogens with one attached hydrogen (secondary N) is 1. The lowest BCUT2D eigenvalue weighted by atomic mass is 10.1. The third-order valence-electron chi connectivity index (χ3n) is 3.53. The quantitative estimate of drug-likeness (QED) is 0.913. The molecule has 19 heavy (non-hydrogen) atoms. The van der Waals surface area contributed by atoms with E-state index in [1.807, 2.05) is 19.1 Å². The first kappa shape index (κ1) is 12.5. The Morgan fingerprint density at radius 2 is 2.00 bits per heavy atom. The predicted octanol–water partition coefficient (Wildman–Crippen LogP) is 4.03. The van der Waals surface area contributed by atoms with Gasteiger partial charge in [-0.05, 0) is 44.4 Å². The van der Waals surface area contributed by atoms with Gasteiger partial charge in [-0.3, -0.25) is 0 Å². The Kier molecular flexibility index (Phi) is 3.23. The molecule has 1 aliphatic carbocycles. The molecule has 1 aliphatic rings. The van der Waals surface area contributed by atoms with Gasteiger partial charge in [0.25, 0.3) is 0 Å². The van der Waals surface area contributed by atoms with Gasteiger partial charge in [-0.25, -0.2) is 4.98 Å². The van der Waals surface area contributed by atoms with Crippen molar-refractivity contribution in [2.75, 3.05) is 5.32 Å². The zero-order valence-electron chi connectivity index (χ0n) is 11.2. The molecular formula is C15H18ClN3. The Labute approximate surface area is 118 Å². The van der Waals surface area contributed by atoms with Gasteiger partial charge >= 0.3 is 0 Å². The van der Waals surface area contributed by atoms with Crippen molar-refractivity contribution in [1.82, 2.24) is 9.55 Å². The Hall–Kier alpha value is -1.48. The molecule has 0 amide bonds. The van der Waals surface area contributed by atoms with E-state index in [1.165, 1.54) is 18.4 Å². The van der Waals surface area contributed by atoms with E-state index in [0.717, 1.165) is 16.7 Å². The zero-order chi connectivity index (χ0) is 13.4. The highest BCUT2D eigenvalue weighted by Gasteiger charge is 2.24. The van der Waals surface area contributed by atoms with Gasteiger partial charge in [0, 0.05) is 17.3 Å². The largest absolute Gasteiger partial charge is 0.353 e. The van der Waals surface area contributed by atoms with Crippen LogP contribution in [-0.4, -0.2) is 15.6 Å². The molecule has 0 aliphatic heterocycles. The molecule has 1 heterocycles. The first-order chi connectivity index (χ1) is 9.13. The topological polar surface area (TPSA) is 29.9 Å². The number of nitrogens with zero attached hydrogens (tertiary/aromatic N) is 2. The molecular weight excluding hydrogens is 258 g/mol. The fraction of sp³-hybridized carbons (Fsp3) is 0.400. The monoisotopic (exact) mass is 275 g/mol. The Bertz CT molecular complexity index is 570. The fourth-order valence-corrected chi connectivity index (χ4v) is 2.36. The molecule has 0 saturated heterocycles. The molecule has 100 valence electrons. The number of hydrogen-bond acceptors (Lipinski definition) is 2. The van der Waals surface area contributed by atoms with E-state index >= 15 is 0 Å². The molecule has 1 unspecified atom stereocenters. The lowest BCUT2D eigenvalue weighted by molar-refractivity contribution is 0.642. The summed E-state index contributed by atoms with van der Waals surface area (Å²) in [6.45, 7) is 4.21. The van der Waals surface area contributed by atoms with E-state index in [9.17, 15) is 0 Å². The van der Waals surface area contributed by atoms with Gasteiger partial charge < -0.3 is 9.88 Å². The highest BCUT2D eigenvalue weighted by atomic mass is 35.5. The van der Waals surface area contributed by atoms with Crippen molar-refractivity contribution >= 4 is 17.5 Å². The second kappa shape index (κ2) is 4.89. The SMILES string of the molecule is Cc1cn(C(C)c2ccc(Cl)cc2)c(NC2CC2)n1. The Balaban J connectivity index is 1.89. The van der Waals surface area contributed by atoms with E-state index in [4.69, 9.17) is 11.6 Å². The van der Waals surface area contributed by atoms with Gasteiger partial charge in [0.05, 0.1) is 11.7 Å². The van der Waals surface area contributed by atoms with Crippen LogP contribution in [-0.2, 0) is 0 Å². The summed E-state index contributed by atoms with van der Waals surface area (Å²) < 4.78 is 2.21. The summed E-state index contributed by atoms with van der Waals surface area (Å²) in [5, 5.41) is 4.27. The van der Waals surface area contributed by atoms with Gasteiger partial charge in [-0.15, -0.1) is 0 Å². The zero-order valence-corrected chi connectivity index (χ0v) is 12.0. The number of hydrogen-bond donors (Lipinski definition) is 1. The minimum atomic E-state index is 0.250. The van der Waals surface area contributed by atoms with Crippen LogP contribution in [0.25, 0.3) is 0 Å². The highest BCUT2D eigenvalue weighted by molar-refractivity contribution is 6.30. The Morgan fingerprint density at radius 3 is 2.63 bits per heavy atom. The molecule has 2 aromatic rings. The summed E-state index contributed by atoms with van der Waals surface area (Å²) >= 11 is 5.94. The minimum Gasteiger partial charge on any atom is -0.353 e. The van der Waals surface area contributed by atoms with Gasteiger partial charge in [-0.1, -0.05) is 23.7 Å². The maximum atomic E-state index is 5.94. The molecule has 1 N–H and O–H groups in total. The Morgan fingerprint density at radius 1 is 1.32 bits per heavy atom. The first-order valence-corrected chi connectivity index (χ1v) is 7.09. The third-order valence-corrected chi connectivity index (χ3v) is 3.78. The number of anilines is 1. The van der Waals surface area contributed by atoms with E-state index in [0.29, 0.717) is 6.04 Å². The summed E-state index contributed by atoms with van der Waals surface area (Å²) in [5.41, 5.74) is 2.28. The molecule has 0 spiro atoms. The van der Waals surface area contributed by atoms with Crippen LogP contribution < -0.4 is 5.32 Å². The maximum Gasteiger partial charge on any atom is 0.203 e. The summed E-state index contributed by atoms with van der Waals surface area (Å²) in [5.74, 6) is 0.974. The van der Waals surface area contributed by atoms with Crippen LogP contribution >= 0.6 is 11.6 Å². The average Bonchev–Trinajstić information content (AvgIpc) is 3.12. The summed E-state index contributed by atoms with van der Waals surface area (Å²) in [6, 6.07) is 8.88. The van der Waals surface area contributed by atoms with Gasteiger partial charge in [-0.2, -0.15) is 0 Å². The lowest BCUT2D eigenvalue weighted by Gasteiger charge is -2.17. The molecule has 3 nitrogen and oxygen atoms in total. The molecule has 0 bridgehead atoms. The number of aryl methyl sites for hydroxylation is 1. The van der Waals surface area contributed by atoms with Gasteiger partial charge in [0.2, 0.25) is 5.95 Å². The van der Waals surface area contributed by atoms with Crippen molar-refractivity contribution in [3.63, 3.8) is 0 Å². The van der Waals surface area contributed by atoms with Crippen LogP contribution in [0.2, 0.25) is 5.02 Å². The second-order valence-corrected chi connectivity index (χ2v) is 5.70. The minimum absolute atomic E-state index is 0.250. The molecule has 1 atom stereocenters. The van der Waals surface area contributed by atoms with Crippen LogP contribution in [0.5, 0.6) is 0 Å².